The molecule has 1 atom stereocenters. The van der Waals surface area contributed by atoms with E-state index in [2.05, 4.69) is 29.4 Å². The van der Waals surface area contributed by atoms with Crippen LogP contribution in [0.4, 0.5) is 15.3 Å². The minimum atomic E-state index is -0.855. The summed E-state index contributed by atoms with van der Waals surface area (Å²) in [6.07, 6.45) is 5.77. The average molecular weight is 616 g/mol. The molecule has 0 saturated carbocycles. The fourth-order valence-corrected chi connectivity index (χ4v) is 7.82. The van der Waals surface area contributed by atoms with E-state index in [1.807, 2.05) is 53.1 Å². The Morgan fingerprint density at radius 1 is 0.844 bits per heavy atom. The summed E-state index contributed by atoms with van der Waals surface area (Å²) in [4.78, 5) is 48.5. The lowest BCUT2D eigenvalue weighted by atomic mass is 9.79. The minimum Gasteiger partial charge on any atom is -0.436 e. The third-order valence-electron chi connectivity index (χ3n) is 10.6. The number of fused-ring (bicyclic) bond motifs is 1. The number of benzene rings is 2. The molecule has 1 N–H and O–H groups in total. The molecule has 2 aromatic rings. The molecule has 4 heterocycles. The second-order valence-corrected chi connectivity index (χ2v) is 13.6. The highest BCUT2D eigenvalue weighted by molar-refractivity contribution is 5.91. The van der Waals surface area contributed by atoms with Gasteiger partial charge in [-0.2, -0.15) is 0 Å². The number of nitrogens with zero attached hydrogens (tertiary/aromatic N) is 4. The first-order chi connectivity index (χ1) is 21.8. The van der Waals surface area contributed by atoms with E-state index in [-0.39, 0.29) is 18.0 Å². The number of carbonyl (C=O) groups excluding carboxylic acids is 3. The molecule has 9 nitrogen and oxygen atoms in total. The van der Waals surface area contributed by atoms with E-state index in [4.69, 9.17) is 4.74 Å². The van der Waals surface area contributed by atoms with Gasteiger partial charge in [0.2, 0.25) is 0 Å². The number of likely N-dealkylation sites (tertiary alicyclic amines) is 3. The molecule has 0 radical (unpaired) electrons. The highest BCUT2D eigenvalue weighted by Crippen LogP contribution is 2.33. The van der Waals surface area contributed by atoms with Crippen molar-refractivity contribution >= 4 is 23.7 Å². The van der Waals surface area contributed by atoms with E-state index in [1.165, 1.54) is 12.8 Å². The SMILES string of the molecule is Cc1cccc(C[C@@H](OC(=O)N2CCC(N3CCc4ccccc4NC3=O)CC2)C(=O)N2CCC(C3CCN(C)CC3)CC2)c1. The van der Waals surface area contributed by atoms with Crippen LogP contribution in [0.2, 0.25) is 0 Å². The zero-order valence-corrected chi connectivity index (χ0v) is 27.0. The molecule has 4 amide bonds. The van der Waals surface area contributed by atoms with Crippen molar-refractivity contribution in [2.75, 3.05) is 58.2 Å². The first-order valence-corrected chi connectivity index (χ1v) is 17.0. The first-order valence-electron chi connectivity index (χ1n) is 17.0. The van der Waals surface area contributed by atoms with E-state index >= 15 is 0 Å². The molecule has 0 aromatic heterocycles. The molecule has 2 aromatic carbocycles. The number of nitrogens with one attached hydrogen (secondary N) is 1. The third-order valence-corrected chi connectivity index (χ3v) is 10.6. The number of piperidine rings is 3. The van der Waals surface area contributed by atoms with Gasteiger partial charge >= 0.3 is 12.1 Å². The Kier molecular flexibility index (Phi) is 9.93. The Morgan fingerprint density at radius 2 is 1.51 bits per heavy atom. The predicted molar refractivity (Wildman–Crippen MR) is 175 cm³/mol. The number of urea groups is 1. The molecule has 0 aliphatic carbocycles. The molecule has 9 heteroatoms. The lowest BCUT2D eigenvalue weighted by Crippen LogP contribution is -2.52. The van der Waals surface area contributed by atoms with Gasteiger partial charge in [-0.05, 0) is 101 Å². The summed E-state index contributed by atoms with van der Waals surface area (Å²) in [5.74, 6) is 1.34. The molecule has 0 spiro atoms. The number of rotatable bonds is 6. The van der Waals surface area contributed by atoms with Crippen LogP contribution in [0.25, 0.3) is 0 Å². The van der Waals surface area contributed by atoms with Crippen molar-refractivity contribution in [1.82, 2.24) is 19.6 Å². The summed E-state index contributed by atoms with van der Waals surface area (Å²) in [7, 11) is 2.20. The van der Waals surface area contributed by atoms with Crippen molar-refractivity contribution < 1.29 is 19.1 Å². The van der Waals surface area contributed by atoms with E-state index < -0.39 is 12.2 Å². The van der Waals surface area contributed by atoms with Gasteiger partial charge in [-0.3, -0.25) is 4.79 Å². The van der Waals surface area contributed by atoms with E-state index in [1.54, 1.807) is 4.90 Å². The smallest absolute Gasteiger partial charge is 0.410 e. The van der Waals surface area contributed by atoms with Crippen LogP contribution in [-0.2, 0) is 22.4 Å². The molecule has 3 fully saturated rings. The normalized spacial score (nSPS) is 21.6. The van der Waals surface area contributed by atoms with Gasteiger partial charge < -0.3 is 29.7 Å². The third kappa shape index (κ3) is 7.63. The zero-order valence-electron chi connectivity index (χ0n) is 27.0. The molecule has 4 aliphatic heterocycles. The Balaban J connectivity index is 1.05. The van der Waals surface area contributed by atoms with Gasteiger partial charge in [-0.1, -0.05) is 48.0 Å². The second-order valence-electron chi connectivity index (χ2n) is 13.6. The number of carbonyl (C=O) groups is 3. The number of amides is 4. The largest absolute Gasteiger partial charge is 0.436 e. The summed E-state index contributed by atoms with van der Waals surface area (Å²) < 4.78 is 6.07. The van der Waals surface area contributed by atoms with Gasteiger partial charge in [0.05, 0.1) is 0 Å². The molecule has 6 rings (SSSR count). The van der Waals surface area contributed by atoms with Gasteiger partial charge in [0, 0.05) is 50.9 Å². The number of ether oxygens (including phenoxy) is 1. The second kappa shape index (κ2) is 14.2. The topological polar surface area (TPSA) is 85.4 Å². The van der Waals surface area contributed by atoms with Crippen LogP contribution in [-0.4, -0.2) is 103 Å². The number of hydrogen-bond acceptors (Lipinski definition) is 5. The zero-order chi connectivity index (χ0) is 31.3. The van der Waals surface area contributed by atoms with E-state index in [0.29, 0.717) is 44.8 Å². The summed E-state index contributed by atoms with van der Waals surface area (Å²) in [5.41, 5.74) is 4.13. The quantitative estimate of drug-likeness (QED) is 0.484. The maximum atomic E-state index is 13.9. The summed E-state index contributed by atoms with van der Waals surface area (Å²) in [6, 6.07) is 16.0. The van der Waals surface area contributed by atoms with E-state index in [9.17, 15) is 14.4 Å². The summed E-state index contributed by atoms with van der Waals surface area (Å²) in [6.45, 7) is 7.45. The van der Waals surface area contributed by atoms with E-state index in [0.717, 1.165) is 73.7 Å². The van der Waals surface area contributed by atoms with Crippen molar-refractivity contribution in [1.29, 1.82) is 0 Å². The number of hydrogen-bond donors (Lipinski definition) is 1. The molecule has 45 heavy (non-hydrogen) atoms. The molecule has 242 valence electrons. The van der Waals surface area contributed by atoms with Crippen molar-refractivity contribution in [3.05, 3.63) is 65.2 Å². The Labute approximate surface area is 267 Å². The molecule has 0 bridgehead atoms. The molecule has 3 saturated heterocycles. The van der Waals surface area contributed by atoms with Gasteiger partial charge in [-0.25, -0.2) is 9.59 Å². The maximum absolute atomic E-state index is 13.9. The highest BCUT2D eigenvalue weighted by Gasteiger charge is 2.36. The predicted octanol–water partition coefficient (Wildman–Crippen LogP) is 5.18. The monoisotopic (exact) mass is 615 g/mol. The maximum Gasteiger partial charge on any atom is 0.410 e. The number of para-hydroxylation sites is 1. The lowest BCUT2D eigenvalue weighted by molar-refractivity contribution is -0.142. The van der Waals surface area contributed by atoms with Crippen LogP contribution in [0.15, 0.2) is 48.5 Å². The van der Waals surface area contributed by atoms with Crippen LogP contribution < -0.4 is 5.32 Å². The molecule has 0 unspecified atom stereocenters. The van der Waals surface area contributed by atoms with Crippen LogP contribution in [0.5, 0.6) is 0 Å². The van der Waals surface area contributed by atoms with Crippen molar-refractivity contribution in [3.63, 3.8) is 0 Å². The van der Waals surface area contributed by atoms with Crippen molar-refractivity contribution in [3.8, 4) is 0 Å². The molecular formula is C36H49N5O4. The summed E-state index contributed by atoms with van der Waals surface area (Å²) in [5, 5.41) is 3.06. The van der Waals surface area contributed by atoms with Crippen molar-refractivity contribution in [2.45, 2.75) is 70.4 Å². The van der Waals surface area contributed by atoms with Gasteiger partial charge in [0.25, 0.3) is 5.91 Å². The Hall–Kier alpha value is -3.59. The summed E-state index contributed by atoms with van der Waals surface area (Å²) >= 11 is 0. The fraction of sp³-hybridized carbons (Fsp3) is 0.583. The highest BCUT2D eigenvalue weighted by atomic mass is 16.6. The van der Waals surface area contributed by atoms with Crippen LogP contribution in [0.1, 0.15) is 55.2 Å². The first kappa shape index (κ1) is 31.4. The Bertz CT molecular complexity index is 1340. The molecule has 4 aliphatic rings. The lowest BCUT2D eigenvalue weighted by Gasteiger charge is -2.40. The molecular weight excluding hydrogens is 566 g/mol. The van der Waals surface area contributed by atoms with Crippen LogP contribution in [0, 0.1) is 18.8 Å². The fourth-order valence-electron chi connectivity index (χ4n) is 7.82. The number of anilines is 1. The van der Waals surface area contributed by atoms with Gasteiger partial charge in [-0.15, -0.1) is 0 Å². The average Bonchev–Trinajstić information content (AvgIpc) is 3.22. The van der Waals surface area contributed by atoms with Crippen LogP contribution >= 0.6 is 0 Å². The Morgan fingerprint density at radius 3 is 2.22 bits per heavy atom. The van der Waals surface area contributed by atoms with Gasteiger partial charge in [0.15, 0.2) is 6.10 Å². The van der Waals surface area contributed by atoms with Crippen LogP contribution in [0.3, 0.4) is 0 Å². The standard InChI is InChI=1S/C36H49N5O4/c1-26-6-5-7-27(24-26)25-33(34(42)39-19-12-29(13-20-39)28-10-17-38(2)18-11-28)45-36(44)40-21-15-31(16-22-40)41-23-14-30-8-3-4-9-32(30)37-35(41)43/h3-9,24,28-29,31,33H,10-23,25H2,1-2H3,(H,37,43)/t33-/m1/s1. The minimum absolute atomic E-state index is 0.0546. The van der Waals surface area contributed by atoms with Gasteiger partial charge in [0.1, 0.15) is 0 Å². The van der Waals surface area contributed by atoms with Crippen molar-refractivity contribution in [2.24, 2.45) is 11.8 Å². The number of aryl methyl sites for hydroxylation is 1.